The molecule has 1 atom stereocenters. The van der Waals surface area contributed by atoms with Gasteiger partial charge in [-0.3, -0.25) is 4.79 Å². The summed E-state index contributed by atoms with van der Waals surface area (Å²) in [7, 11) is 0. The van der Waals surface area contributed by atoms with E-state index in [0.29, 0.717) is 24.0 Å². The minimum absolute atomic E-state index is 0.124. The van der Waals surface area contributed by atoms with E-state index >= 15 is 0 Å². The molecule has 0 aliphatic heterocycles. The fourth-order valence-corrected chi connectivity index (χ4v) is 3.69. The average molecular weight is 397 g/mol. The van der Waals surface area contributed by atoms with Crippen molar-refractivity contribution in [3.05, 3.63) is 76.0 Å². The lowest BCUT2D eigenvalue weighted by Crippen LogP contribution is -2.26. The Labute approximate surface area is 168 Å². The maximum absolute atomic E-state index is 13.3. The van der Waals surface area contributed by atoms with Crippen LogP contribution in [-0.4, -0.2) is 22.5 Å². The Morgan fingerprint density at radius 3 is 2.61 bits per heavy atom. The maximum Gasteiger partial charge on any atom is 0.514 e. The number of carbonyl (C=O) groups is 2. The van der Waals surface area contributed by atoms with Crippen LogP contribution in [0.15, 0.2) is 65.4 Å². The third-order valence-electron chi connectivity index (χ3n) is 4.13. The topological polar surface area (TPSA) is 65.5 Å². The predicted octanol–water partition coefficient (Wildman–Crippen LogP) is 5.35. The molecule has 1 aromatic carbocycles. The number of thiazole rings is 1. The number of ether oxygens (including phenoxy) is 2. The van der Waals surface area contributed by atoms with Crippen molar-refractivity contribution in [3.8, 4) is 0 Å². The fourth-order valence-electron chi connectivity index (χ4n) is 2.99. The number of benzene rings is 1. The first-order valence-corrected chi connectivity index (χ1v) is 10.0. The van der Waals surface area contributed by atoms with Crippen LogP contribution in [0.3, 0.4) is 0 Å². The van der Waals surface area contributed by atoms with E-state index in [-0.39, 0.29) is 17.5 Å². The Hall–Kier alpha value is -2.73. The lowest BCUT2D eigenvalue weighted by atomic mass is 9.83. The Balaban J connectivity index is 1.95. The molecule has 146 valence electrons. The minimum atomic E-state index is -0.819. The fraction of sp³-hybridized carbons (Fsp3) is 0.318. The van der Waals surface area contributed by atoms with E-state index in [1.165, 1.54) is 0 Å². The van der Waals surface area contributed by atoms with Crippen molar-refractivity contribution in [3.63, 3.8) is 0 Å². The predicted molar refractivity (Wildman–Crippen MR) is 108 cm³/mol. The summed E-state index contributed by atoms with van der Waals surface area (Å²) >= 11 is 1.55. The average Bonchev–Trinajstić information content (AvgIpc) is 3.13. The molecule has 0 radical (unpaired) electrons. The van der Waals surface area contributed by atoms with Gasteiger partial charge in [0.15, 0.2) is 5.78 Å². The summed E-state index contributed by atoms with van der Waals surface area (Å²) in [5, 5.41) is 2.85. The molecule has 3 rings (SSSR count). The van der Waals surface area contributed by atoms with E-state index < -0.39 is 11.8 Å². The summed E-state index contributed by atoms with van der Waals surface area (Å²) in [5.74, 6) is -0.0257. The van der Waals surface area contributed by atoms with E-state index in [0.717, 1.165) is 5.01 Å². The first-order valence-electron chi connectivity index (χ1n) is 9.13. The van der Waals surface area contributed by atoms with Crippen LogP contribution in [0.5, 0.6) is 0 Å². The highest BCUT2D eigenvalue weighted by Crippen LogP contribution is 2.32. The van der Waals surface area contributed by atoms with Crippen molar-refractivity contribution in [2.24, 2.45) is 5.92 Å². The lowest BCUT2D eigenvalue weighted by Gasteiger charge is -2.24. The van der Waals surface area contributed by atoms with Crippen LogP contribution in [0.25, 0.3) is 0 Å². The molecule has 2 aromatic rings. The number of aromatic nitrogens is 1. The lowest BCUT2D eigenvalue weighted by molar-refractivity contribution is 0.00722. The van der Waals surface area contributed by atoms with Crippen molar-refractivity contribution < 1.29 is 19.1 Å². The number of nitrogens with zero attached hydrogens (tertiary/aromatic N) is 1. The monoisotopic (exact) mass is 397 g/mol. The van der Waals surface area contributed by atoms with Crippen LogP contribution in [0.4, 0.5) is 4.79 Å². The molecule has 0 saturated heterocycles. The number of Topliss-reactive ketones (excluding diaryl/α,β-unsaturated/α-hetero) is 1. The number of carbonyl (C=O) groups excluding carboxylic acids is 2. The maximum atomic E-state index is 13.3. The van der Waals surface area contributed by atoms with Gasteiger partial charge in [0.1, 0.15) is 11.4 Å². The summed E-state index contributed by atoms with van der Waals surface area (Å²) in [6.45, 7) is 5.29. The molecule has 0 spiro atoms. The Morgan fingerprint density at radius 2 is 1.96 bits per heavy atom. The zero-order valence-electron chi connectivity index (χ0n) is 16.2. The molecule has 28 heavy (non-hydrogen) atoms. The third-order valence-corrected chi connectivity index (χ3v) is 4.93. The zero-order valence-corrected chi connectivity index (χ0v) is 17.0. The number of allylic oxidation sites excluding steroid dienone is 3. The SMILES string of the molecule is CC(C)(C)OC(=O)OC1=C(C(=O)c2ccccc2)C(Cc2nccs2)CC=C1. The molecular formula is C22H23NO4S. The largest absolute Gasteiger partial charge is 0.514 e. The Kier molecular flexibility index (Phi) is 6.09. The van der Waals surface area contributed by atoms with Crippen LogP contribution in [0, 0.1) is 5.92 Å². The quantitative estimate of drug-likeness (QED) is 0.503. The molecule has 0 amide bonds. The van der Waals surface area contributed by atoms with Crippen molar-refractivity contribution in [2.45, 2.75) is 39.2 Å². The molecular weight excluding hydrogens is 374 g/mol. The van der Waals surface area contributed by atoms with E-state index in [4.69, 9.17) is 9.47 Å². The molecule has 0 saturated carbocycles. The minimum Gasteiger partial charge on any atom is -0.428 e. The second-order valence-electron chi connectivity index (χ2n) is 7.50. The molecule has 1 aliphatic rings. The van der Waals surface area contributed by atoms with Crippen LogP contribution >= 0.6 is 11.3 Å². The zero-order chi connectivity index (χ0) is 20.1. The number of hydrogen-bond donors (Lipinski definition) is 0. The van der Waals surface area contributed by atoms with E-state index in [9.17, 15) is 9.59 Å². The van der Waals surface area contributed by atoms with E-state index in [1.807, 2.05) is 29.7 Å². The van der Waals surface area contributed by atoms with E-state index in [2.05, 4.69) is 4.98 Å². The van der Waals surface area contributed by atoms with Crippen molar-refractivity contribution >= 4 is 23.3 Å². The van der Waals surface area contributed by atoms with Crippen LogP contribution in [0.2, 0.25) is 0 Å². The molecule has 0 fully saturated rings. The number of rotatable bonds is 5. The van der Waals surface area contributed by atoms with Gasteiger partial charge in [-0.1, -0.05) is 36.4 Å². The van der Waals surface area contributed by atoms with Crippen molar-refractivity contribution in [2.75, 3.05) is 0 Å². The normalized spacial score (nSPS) is 16.8. The summed E-state index contributed by atoms with van der Waals surface area (Å²) in [4.78, 5) is 29.8. The molecule has 1 aromatic heterocycles. The Bertz CT molecular complexity index is 892. The summed E-state index contributed by atoms with van der Waals surface area (Å²) in [6.07, 6.45) is 5.81. The molecule has 1 unspecified atom stereocenters. The van der Waals surface area contributed by atoms with Crippen LogP contribution in [0.1, 0.15) is 42.6 Å². The number of hydrogen-bond acceptors (Lipinski definition) is 6. The van der Waals surface area contributed by atoms with Crippen molar-refractivity contribution in [1.29, 1.82) is 0 Å². The van der Waals surface area contributed by atoms with Gasteiger partial charge in [-0.2, -0.15) is 0 Å². The smallest absolute Gasteiger partial charge is 0.428 e. The molecule has 6 heteroatoms. The molecule has 0 bridgehead atoms. The van der Waals surface area contributed by atoms with Crippen LogP contribution in [-0.2, 0) is 15.9 Å². The van der Waals surface area contributed by atoms with Gasteiger partial charge < -0.3 is 9.47 Å². The van der Waals surface area contributed by atoms with E-state index in [1.54, 1.807) is 56.5 Å². The highest BCUT2D eigenvalue weighted by atomic mass is 32.1. The second-order valence-corrected chi connectivity index (χ2v) is 8.48. The summed E-state index contributed by atoms with van der Waals surface area (Å²) < 4.78 is 10.7. The molecule has 0 N–H and O–H groups in total. The number of ketones is 1. The van der Waals surface area contributed by atoms with Crippen molar-refractivity contribution in [1.82, 2.24) is 4.98 Å². The molecule has 1 heterocycles. The highest BCUT2D eigenvalue weighted by molar-refractivity contribution is 7.09. The molecule has 5 nitrogen and oxygen atoms in total. The summed E-state index contributed by atoms with van der Waals surface area (Å²) in [6, 6.07) is 9.02. The van der Waals surface area contributed by atoms with Gasteiger partial charge in [0.2, 0.25) is 0 Å². The first kappa shape index (κ1) is 20.0. The first-order chi connectivity index (χ1) is 13.3. The van der Waals surface area contributed by atoms with Gasteiger partial charge in [0.25, 0.3) is 0 Å². The van der Waals surface area contributed by atoms with Gasteiger partial charge in [0, 0.05) is 35.1 Å². The second kappa shape index (κ2) is 8.52. The van der Waals surface area contributed by atoms with Gasteiger partial charge in [-0.05, 0) is 33.3 Å². The third kappa shape index (κ3) is 5.16. The van der Waals surface area contributed by atoms with Gasteiger partial charge in [-0.25, -0.2) is 9.78 Å². The van der Waals surface area contributed by atoms with Crippen LogP contribution < -0.4 is 0 Å². The highest BCUT2D eigenvalue weighted by Gasteiger charge is 2.30. The van der Waals surface area contributed by atoms with Gasteiger partial charge in [-0.15, -0.1) is 11.3 Å². The van der Waals surface area contributed by atoms with Gasteiger partial charge >= 0.3 is 6.16 Å². The summed E-state index contributed by atoms with van der Waals surface area (Å²) in [5.41, 5.74) is 0.358. The van der Waals surface area contributed by atoms with Gasteiger partial charge in [0.05, 0.1) is 5.01 Å². The Morgan fingerprint density at radius 1 is 1.21 bits per heavy atom. The molecule has 1 aliphatic carbocycles. The standard InChI is InChI=1S/C22H23NO4S/c1-22(2,3)27-21(25)26-17-11-7-10-16(14-18-23-12-13-28-18)19(17)20(24)15-8-5-4-6-9-15/h4-9,11-13,16H,10,14H2,1-3H3.